The second-order valence-electron chi connectivity index (χ2n) is 5.45. The summed E-state index contributed by atoms with van der Waals surface area (Å²) in [7, 11) is 0. The van der Waals surface area contributed by atoms with Crippen LogP contribution >= 0.6 is 0 Å². The molecule has 2 rings (SSSR count). The summed E-state index contributed by atoms with van der Waals surface area (Å²) >= 11 is 0. The SMILES string of the molecule is CC(C)(C)OC(=O)N1CC2=CC(=O)C[C@H]2C1. The predicted molar refractivity (Wildman–Crippen MR) is 59.0 cm³/mol. The molecule has 1 aliphatic carbocycles. The normalized spacial score (nSPS) is 24.4. The summed E-state index contributed by atoms with van der Waals surface area (Å²) in [5.74, 6) is 0.420. The first-order valence-electron chi connectivity index (χ1n) is 5.56. The fraction of sp³-hybridized carbons (Fsp3) is 0.667. The third-order valence-electron chi connectivity index (χ3n) is 2.78. The van der Waals surface area contributed by atoms with Crippen LogP contribution in [0.3, 0.4) is 0 Å². The largest absolute Gasteiger partial charge is 0.444 e. The van der Waals surface area contributed by atoms with Crippen molar-refractivity contribution in [2.75, 3.05) is 13.1 Å². The molecule has 0 aromatic carbocycles. The first-order valence-corrected chi connectivity index (χ1v) is 5.56. The number of carbonyl (C=O) groups excluding carboxylic acids is 2. The van der Waals surface area contributed by atoms with Crippen molar-refractivity contribution in [1.82, 2.24) is 4.90 Å². The van der Waals surface area contributed by atoms with E-state index in [0.717, 1.165) is 5.57 Å². The molecule has 1 saturated heterocycles. The van der Waals surface area contributed by atoms with Gasteiger partial charge < -0.3 is 9.64 Å². The van der Waals surface area contributed by atoms with E-state index in [1.54, 1.807) is 11.0 Å². The van der Waals surface area contributed by atoms with Gasteiger partial charge in [0, 0.05) is 25.4 Å². The van der Waals surface area contributed by atoms with Crippen LogP contribution in [-0.4, -0.2) is 35.5 Å². The van der Waals surface area contributed by atoms with Crippen molar-refractivity contribution >= 4 is 11.9 Å². The molecule has 1 atom stereocenters. The Kier molecular flexibility index (Phi) is 2.52. The van der Waals surface area contributed by atoms with Crippen molar-refractivity contribution in [2.24, 2.45) is 5.92 Å². The molecule has 0 radical (unpaired) electrons. The monoisotopic (exact) mass is 223 g/mol. The Bertz CT molecular complexity index is 365. The summed E-state index contributed by atoms with van der Waals surface area (Å²) in [5, 5.41) is 0. The Balaban J connectivity index is 1.97. The molecule has 1 fully saturated rings. The summed E-state index contributed by atoms with van der Waals surface area (Å²) < 4.78 is 5.29. The first kappa shape index (κ1) is 11.2. The van der Waals surface area contributed by atoms with E-state index < -0.39 is 5.60 Å². The van der Waals surface area contributed by atoms with Gasteiger partial charge in [0.25, 0.3) is 0 Å². The lowest BCUT2D eigenvalue weighted by molar-refractivity contribution is -0.114. The van der Waals surface area contributed by atoms with E-state index in [1.165, 1.54) is 0 Å². The summed E-state index contributed by atoms with van der Waals surface area (Å²) in [6.45, 7) is 6.72. The van der Waals surface area contributed by atoms with E-state index in [9.17, 15) is 9.59 Å². The van der Waals surface area contributed by atoms with Crippen LogP contribution in [0.15, 0.2) is 11.6 Å². The molecule has 0 unspecified atom stereocenters. The zero-order valence-corrected chi connectivity index (χ0v) is 9.95. The molecule has 1 heterocycles. The number of hydrogen-bond acceptors (Lipinski definition) is 3. The average Bonchev–Trinajstić information content (AvgIpc) is 2.56. The van der Waals surface area contributed by atoms with E-state index in [0.29, 0.717) is 19.5 Å². The molecule has 4 nitrogen and oxygen atoms in total. The first-order chi connectivity index (χ1) is 7.35. The van der Waals surface area contributed by atoms with Crippen LogP contribution in [0.4, 0.5) is 4.79 Å². The predicted octanol–water partition coefficient (Wildman–Crippen LogP) is 1.75. The molecule has 88 valence electrons. The molecule has 0 N–H and O–H groups in total. The van der Waals surface area contributed by atoms with Crippen molar-refractivity contribution in [1.29, 1.82) is 0 Å². The molecule has 0 bridgehead atoms. The highest BCUT2D eigenvalue weighted by Crippen LogP contribution is 2.31. The minimum Gasteiger partial charge on any atom is -0.444 e. The van der Waals surface area contributed by atoms with Gasteiger partial charge in [-0.05, 0) is 32.4 Å². The van der Waals surface area contributed by atoms with Gasteiger partial charge in [-0.2, -0.15) is 0 Å². The minimum atomic E-state index is -0.459. The van der Waals surface area contributed by atoms with Gasteiger partial charge in [0.2, 0.25) is 0 Å². The zero-order chi connectivity index (χ0) is 11.9. The number of carbonyl (C=O) groups is 2. The Labute approximate surface area is 95.2 Å². The Morgan fingerprint density at radius 1 is 1.50 bits per heavy atom. The van der Waals surface area contributed by atoms with Crippen LogP contribution in [0, 0.1) is 5.92 Å². The number of hydrogen-bond donors (Lipinski definition) is 0. The van der Waals surface area contributed by atoms with E-state index in [4.69, 9.17) is 4.74 Å². The number of ketones is 1. The fourth-order valence-corrected chi connectivity index (χ4v) is 2.13. The third-order valence-corrected chi connectivity index (χ3v) is 2.78. The minimum absolute atomic E-state index is 0.184. The van der Waals surface area contributed by atoms with E-state index in [1.807, 2.05) is 20.8 Å². The van der Waals surface area contributed by atoms with Gasteiger partial charge >= 0.3 is 6.09 Å². The molecular weight excluding hydrogens is 206 g/mol. The van der Waals surface area contributed by atoms with Gasteiger partial charge in [0.1, 0.15) is 5.60 Å². The summed E-state index contributed by atoms with van der Waals surface area (Å²) in [6.07, 6.45) is 1.94. The smallest absolute Gasteiger partial charge is 0.410 e. The summed E-state index contributed by atoms with van der Waals surface area (Å²) in [4.78, 5) is 24.6. The molecule has 0 aromatic rings. The highest BCUT2D eigenvalue weighted by molar-refractivity contribution is 5.94. The molecular formula is C12H17NO3. The summed E-state index contributed by atoms with van der Waals surface area (Å²) in [6, 6.07) is 0. The van der Waals surface area contributed by atoms with Crippen LogP contribution in [0.5, 0.6) is 0 Å². The number of nitrogens with zero attached hydrogens (tertiary/aromatic N) is 1. The molecule has 2 aliphatic rings. The maximum absolute atomic E-state index is 11.8. The van der Waals surface area contributed by atoms with E-state index in [2.05, 4.69) is 0 Å². The molecule has 16 heavy (non-hydrogen) atoms. The maximum Gasteiger partial charge on any atom is 0.410 e. The second kappa shape index (κ2) is 3.61. The van der Waals surface area contributed by atoms with Gasteiger partial charge in [-0.15, -0.1) is 0 Å². The number of likely N-dealkylation sites (tertiary alicyclic amines) is 1. The van der Waals surface area contributed by atoms with Gasteiger partial charge in [0.15, 0.2) is 5.78 Å². The molecule has 4 heteroatoms. The highest BCUT2D eigenvalue weighted by atomic mass is 16.6. The van der Waals surface area contributed by atoms with Gasteiger partial charge in [-0.25, -0.2) is 4.79 Å². The lowest BCUT2D eigenvalue weighted by Gasteiger charge is -2.24. The van der Waals surface area contributed by atoms with Crippen LogP contribution in [0.2, 0.25) is 0 Å². The topological polar surface area (TPSA) is 46.6 Å². The van der Waals surface area contributed by atoms with Crippen LogP contribution < -0.4 is 0 Å². The van der Waals surface area contributed by atoms with Crippen LogP contribution in [0.25, 0.3) is 0 Å². The number of amides is 1. The molecule has 0 spiro atoms. The summed E-state index contributed by atoms with van der Waals surface area (Å²) in [5.41, 5.74) is 0.620. The maximum atomic E-state index is 11.8. The molecule has 1 aliphatic heterocycles. The van der Waals surface area contributed by atoms with E-state index in [-0.39, 0.29) is 17.8 Å². The fourth-order valence-electron chi connectivity index (χ4n) is 2.13. The van der Waals surface area contributed by atoms with Gasteiger partial charge in [-0.1, -0.05) is 0 Å². The Hall–Kier alpha value is -1.32. The Morgan fingerprint density at radius 3 is 2.75 bits per heavy atom. The van der Waals surface area contributed by atoms with Crippen molar-refractivity contribution in [3.05, 3.63) is 11.6 Å². The third kappa shape index (κ3) is 2.26. The van der Waals surface area contributed by atoms with Crippen LogP contribution in [-0.2, 0) is 9.53 Å². The lowest BCUT2D eigenvalue weighted by Crippen LogP contribution is -2.35. The van der Waals surface area contributed by atoms with Gasteiger partial charge in [-0.3, -0.25) is 4.79 Å². The van der Waals surface area contributed by atoms with Crippen molar-refractivity contribution in [3.8, 4) is 0 Å². The number of allylic oxidation sites excluding steroid dienone is 1. The van der Waals surface area contributed by atoms with Gasteiger partial charge in [0.05, 0.1) is 0 Å². The second-order valence-corrected chi connectivity index (χ2v) is 5.45. The average molecular weight is 223 g/mol. The van der Waals surface area contributed by atoms with Crippen molar-refractivity contribution in [3.63, 3.8) is 0 Å². The van der Waals surface area contributed by atoms with Crippen molar-refractivity contribution < 1.29 is 14.3 Å². The Morgan fingerprint density at radius 2 is 2.19 bits per heavy atom. The lowest BCUT2D eigenvalue weighted by atomic mass is 10.1. The van der Waals surface area contributed by atoms with E-state index >= 15 is 0 Å². The molecule has 0 saturated carbocycles. The molecule has 0 aromatic heterocycles. The number of fused-ring (bicyclic) bond motifs is 1. The van der Waals surface area contributed by atoms with Crippen molar-refractivity contribution in [2.45, 2.75) is 32.8 Å². The highest BCUT2D eigenvalue weighted by Gasteiger charge is 2.37. The zero-order valence-electron chi connectivity index (χ0n) is 9.95. The van der Waals surface area contributed by atoms with Crippen LogP contribution in [0.1, 0.15) is 27.2 Å². The number of rotatable bonds is 0. The number of ether oxygens (including phenoxy) is 1. The molecule has 1 amide bonds. The quantitative estimate of drug-likeness (QED) is 0.628. The standard InChI is InChI=1S/C12H17NO3/c1-12(2,3)16-11(15)13-6-8-4-10(14)5-9(8)7-13/h4,9H,5-7H2,1-3H3/t9-/m0/s1.